The van der Waals surface area contributed by atoms with Crippen molar-refractivity contribution in [1.29, 1.82) is 5.26 Å². The first-order valence-electron chi connectivity index (χ1n) is 4.07. The molecule has 3 nitrogen and oxygen atoms in total. The molecule has 0 unspecified atom stereocenters. The fraction of sp³-hybridized carbons (Fsp3) is 0.0909. The van der Waals surface area contributed by atoms with Gasteiger partial charge < -0.3 is 4.42 Å². The largest absolute Gasteiger partial charge is 0.422 e. The van der Waals surface area contributed by atoms with E-state index in [1.165, 1.54) is 0 Å². The monoisotopic (exact) mass is 184 g/mol. The predicted octanol–water partition coefficient (Wildman–Crippen LogP) is 1.77. The zero-order valence-electron chi connectivity index (χ0n) is 7.50. The van der Waals surface area contributed by atoms with E-state index in [0.717, 1.165) is 5.39 Å². The molecule has 1 heterocycles. The molecular formula is C11H6NO2. The van der Waals surface area contributed by atoms with Gasteiger partial charge in [-0.2, -0.15) is 5.26 Å². The molecular weight excluding hydrogens is 178 g/mol. The lowest BCUT2D eigenvalue weighted by Gasteiger charge is -2.00. The Morgan fingerprint density at radius 1 is 1.57 bits per heavy atom. The Hall–Kier alpha value is -2.08. The summed E-state index contributed by atoms with van der Waals surface area (Å²) in [5.41, 5.74) is 0.613. The number of nitriles is 1. The van der Waals surface area contributed by atoms with Gasteiger partial charge in [0.25, 0.3) is 0 Å². The summed E-state index contributed by atoms with van der Waals surface area (Å²) in [7, 11) is 0. The molecule has 0 bridgehead atoms. The molecule has 0 saturated heterocycles. The molecule has 0 spiro atoms. The molecule has 14 heavy (non-hydrogen) atoms. The van der Waals surface area contributed by atoms with Crippen LogP contribution in [0.25, 0.3) is 11.0 Å². The minimum Gasteiger partial charge on any atom is -0.422 e. The lowest BCUT2D eigenvalue weighted by Crippen LogP contribution is -2.06. The Morgan fingerprint density at radius 2 is 2.36 bits per heavy atom. The third kappa shape index (κ3) is 1.09. The van der Waals surface area contributed by atoms with Crippen LogP contribution in [0.15, 0.2) is 27.4 Å². The third-order valence-electron chi connectivity index (χ3n) is 2.12. The molecule has 2 rings (SSSR count). The summed E-state index contributed by atoms with van der Waals surface area (Å²) in [6.45, 7) is 1.73. The lowest BCUT2D eigenvalue weighted by atomic mass is 10.1. The maximum absolute atomic E-state index is 11.3. The van der Waals surface area contributed by atoms with Crippen LogP contribution < -0.4 is 5.63 Å². The summed E-state index contributed by atoms with van der Waals surface area (Å²) < 4.78 is 4.96. The van der Waals surface area contributed by atoms with Gasteiger partial charge >= 0.3 is 5.63 Å². The third-order valence-corrected chi connectivity index (χ3v) is 2.12. The number of hydrogen-bond donors (Lipinski definition) is 0. The number of benzene rings is 1. The number of nitrogens with zero attached hydrogens (tertiary/aromatic N) is 1. The van der Waals surface area contributed by atoms with Crippen LogP contribution >= 0.6 is 0 Å². The smallest absolute Gasteiger partial charge is 0.354 e. The van der Waals surface area contributed by atoms with E-state index in [1.54, 1.807) is 25.1 Å². The molecule has 1 aromatic carbocycles. The van der Waals surface area contributed by atoms with Crippen molar-refractivity contribution >= 4 is 11.0 Å². The van der Waals surface area contributed by atoms with Crippen LogP contribution in [0.3, 0.4) is 0 Å². The lowest BCUT2D eigenvalue weighted by molar-refractivity contribution is 0.557. The van der Waals surface area contributed by atoms with Crippen LogP contribution in [0, 0.1) is 24.3 Å². The van der Waals surface area contributed by atoms with Gasteiger partial charge in [-0.05, 0) is 24.6 Å². The molecule has 0 aliphatic heterocycles. The maximum Gasteiger partial charge on any atom is 0.354 e. The van der Waals surface area contributed by atoms with E-state index >= 15 is 0 Å². The fourth-order valence-corrected chi connectivity index (χ4v) is 1.38. The Labute approximate surface area is 80.2 Å². The van der Waals surface area contributed by atoms with Gasteiger partial charge in [0.2, 0.25) is 0 Å². The van der Waals surface area contributed by atoms with Crippen molar-refractivity contribution in [2.45, 2.75) is 6.92 Å². The van der Waals surface area contributed by atoms with Gasteiger partial charge in [0.1, 0.15) is 17.2 Å². The molecule has 2 aromatic rings. The SMILES string of the molecule is Cc1c(C#N)c(=O)oc2c[c]ccc12. The minimum absolute atomic E-state index is 0.0729. The quantitative estimate of drug-likeness (QED) is 0.586. The Bertz CT molecular complexity index is 590. The summed E-state index contributed by atoms with van der Waals surface area (Å²) in [6.07, 6.45) is 0. The molecule has 0 fully saturated rings. The van der Waals surface area contributed by atoms with Crippen LogP contribution in [0.2, 0.25) is 0 Å². The summed E-state index contributed by atoms with van der Waals surface area (Å²) in [5, 5.41) is 9.52. The summed E-state index contributed by atoms with van der Waals surface area (Å²) in [6, 6.07) is 9.73. The first-order chi connectivity index (χ1) is 6.74. The van der Waals surface area contributed by atoms with Crippen LogP contribution in [-0.4, -0.2) is 0 Å². The highest BCUT2D eigenvalue weighted by atomic mass is 16.4. The topological polar surface area (TPSA) is 54.0 Å². The average molecular weight is 184 g/mol. The van der Waals surface area contributed by atoms with E-state index in [2.05, 4.69) is 6.07 Å². The van der Waals surface area contributed by atoms with E-state index in [1.807, 2.05) is 6.07 Å². The van der Waals surface area contributed by atoms with Crippen LogP contribution in [0.4, 0.5) is 0 Å². The number of hydrogen-bond acceptors (Lipinski definition) is 3. The van der Waals surface area contributed by atoms with Crippen molar-refractivity contribution in [3.8, 4) is 6.07 Å². The van der Waals surface area contributed by atoms with E-state index in [4.69, 9.17) is 9.68 Å². The Kier molecular flexibility index (Phi) is 1.83. The second-order valence-corrected chi connectivity index (χ2v) is 2.92. The van der Waals surface area contributed by atoms with Gasteiger partial charge in [0.05, 0.1) is 0 Å². The standard InChI is InChI=1S/C11H6NO2/c1-7-8-4-2-3-5-10(8)14-11(13)9(7)6-12/h2,4-5H,1H3. The first-order valence-corrected chi connectivity index (χ1v) is 4.07. The molecule has 0 aliphatic rings. The van der Waals surface area contributed by atoms with Gasteiger partial charge in [-0.1, -0.05) is 12.1 Å². The molecule has 0 saturated carbocycles. The van der Waals surface area contributed by atoms with E-state index in [0.29, 0.717) is 11.1 Å². The summed E-state index contributed by atoms with van der Waals surface area (Å²) in [4.78, 5) is 11.3. The van der Waals surface area contributed by atoms with Crippen molar-refractivity contribution in [2.24, 2.45) is 0 Å². The molecule has 3 heteroatoms. The van der Waals surface area contributed by atoms with Crippen LogP contribution in [0.5, 0.6) is 0 Å². The highest BCUT2D eigenvalue weighted by Crippen LogP contribution is 2.17. The first kappa shape index (κ1) is 8.52. The molecule has 67 valence electrons. The van der Waals surface area contributed by atoms with Gasteiger partial charge in [0, 0.05) is 5.39 Å². The average Bonchev–Trinajstić information content (AvgIpc) is 2.18. The van der Waals surface area contributed by atoms with Gasteiger partial charge in [-0.15, -0.1) is 0 Å². The van der Waals surface area contributed by atoms with Crippen molar-refractivity contribution in [1.82, 2.24) is 0 Å². The predicted molar refractivity (Wildman–Crippen MR) is 50.8 cm³/mol. The highest BCUT2D eigenvalue weighted by Gasteiger charge is 2.09. The molecule has 0 aliphatic carbocycles. The van der Waals surface area contributed by atoms with Gasteiger partial charge in [0.15, 0.2) is 0 Å². The van der Waals surface area contributed by atoms with Crippen molar-refractivity contribution in [2.75, 3.05) is 0 Å². The molecule has 0 amide bonds. The second-order valence-electron chi connectivity index (χ2n) is 2.92. The molecule has 1 radical (unpaired) electrons. The Balaban J connectivity index is 3.02. The second kappa shape index (κ2) is 3.00. The number of fused-ring (bicyclic) bond motifs is 1. The van der Waals surface area contributed by atoms with Crippen molar-refractivity contribution < 1.29 is 4.42 Å². The molecule has 0 N–H and O–H groups in total. The highest BCUT2D eigenvalue weighted by molar-refractivity contribution is 5.81. The zero-order valence-corrected chi connectivity index (χ0v) is 7.50. The van der Waals surface area contributed by atoms with E-state index in [9.17, 15) is 4.79 Å². The number of rotatable bonds is 0. The van der Waals surface area contributed by atoms with E-state index in [-0.39, 0.29) is 5.56 Å². The maximum atomic E-state index is 11.3. The fourth-order valence-electron chi connectivity index (χ4n) is 1.38. The molecule has 0 atom stereocenters. The number of aryl methyl sites for hydroxylation is 1. The summed E-state index contributed by atoms with van der Waals surface area (Å²) >= 11 is 0. The van der Waals surface area contributed by atoms with Crippen LogP contribution in [-0.2, 0) is 0 Å². The van der Waals surface area contributed by atoms with Crippen LogP contribution in [0.1, 0.15) is 11.1 Å². The van der Waals surface area contributed by atoms with Crippen molar-refractivity contribution in [3.05, 3.63) is 45.8 Å². The zero-order chi connectivity index (χ0) is 10.1. The van der Waals surface area contributed by atoms with Crippen molar-refractivity contribution in [3.63, 3.8) is 0 Å². The van der Waals surface area contributed by atoms with Gasteiger partial charge in [-0.3, -0.25) is 0 Å². The molecule has 1 aromatic heterocycles. The summed E-state index contributed by atoms with van der Waals surface area (Å²) in [5.74, 6) is 0. The Morgan fingerprint density at radius 3 is 3.07 bits per heavy atom. The van der Waals surface area contributed by atoms with Gasteiger partial charge in [-0.25, -0.2) is 4.79 Å². The normalized spacial score (nSPS) is 10.0. The minimum atomic E-state index is -0.586. The van der Waals surface area contributed by atoms with E-state index < -0.39 is 5.63 Å².